The van der Waals surface area contributed by atoms with Crippen LogP contribution in [0.3, 0.4) is 0 Å². The molecule has 1 amide bonds. The molecule has 1 aromatic carbocycles. The van der Waals surface area contributed by atoms with Crippen LogP contribution in [0.4, 0.5) is 0 Å². The first-order valence-corrected chi connectivity index (χ1v) is 9.33. The van der Waals surface area contributed by atoms with Gasteiger partial charge in [0.05, 0.1) is 6.33 Å². The lowest BCUT2D eigenvalue weighted by Gasteiger charge is -2.08. The Bertz CT molecular complexity index is 1020. The summed E-state index contributed by atoms with van der Waals surface area (Å²) >= 11 is 0. The third-order valence-electron chi connectivity index (χ3n) is 3.92. The Kier molecular flexibility index (Phi) is 4.92. The number of carbonyl (C=O) groups is 1. The van der Waals surface area contributed by atoms with Gasteiger partial charge in [-0.1, -0.05) is 24.3 Å². The lowest BCUT2D eigenvalue weighted by molar-refractivity contribution is 0.0992. The van der Waals surface area contributed by atoms with E-state index in [2.05, 4.69) is 9.71 Å². The van der Waals surface area contributed by atoms with Crippen molar-refractivity contribution in [2.24, 2.45) is 12.8 Å². The van der Waals surface area contributed by atoms with Crippen LogP contribution in [0.25, 0.3) is 0 Å². The van der Waals surface area contributed by atoms with Crippen LogP contribution < -0.4 is 10.5 Å². The molecule has 9 heteroatoms. The highest BCUT2D eigenvalue weighted by atomic mass is 32.2. The molecule has 0 saturated carbocycles. The summed E-state index contributed by atoms with van der Waals surface area (Å²) in [5.41, 5.74) is 7.23. The van der Waals surface area contributed by atoms with E-state index in [1.54, 1.807) is 19.6 Å². The monoisotopic (exact) mass is 373 g/mol. The van der Waals surface area contributed by atoms with E-state index in [1.165, 1.54) is 16.8 Å². The van der Waals surface area contributed by atoms with Gasteiger partial charge in [-0.25, -0.2) is 18.1 Å². The van der Waals surface area contributed by atoms with Crippen molar-refractivity contribution in [3.05, 3.63) is 72.1 Å². The molecule has 26 heavy (non-hydrogen) atoms. The van der Waals surface area contributed by atoms with Gasteiger partial charge in [0.1, 0.15) is 10.6 Å². The van der Waals surface area contributed by atoms with Crippen LogP contribution >= 0.6 is 0 Å². The first kappa shape index (κ1) is 17.9. The van der Waals surface area contributed by atoms with Crippen molar-refractivity contribution in [3.8, 4) is 0 Å². The van der Waals surface area contributed by atoms with Crippen LogP contribution in [0.5, 0.6) is 0 Å². The van der Waals surface area contributed by atoms with E-state index in [0.29, 0.717) is 6.54 Å². The standard InChI is InChI=1S/C17H19N5O3S/c1-21-11-15(8-16(21)17(18)23)26(24,25)20-9-13-3-2-4-14(7-13)10-22-6-5-19-12-22/h2-8,11-12,20H,9-10H2,1H3,(H2,18,23). The zero-order valence-corrected chi connectivity index (χ0v) is 15.0. The van der Waals surface area contributed by atoms with Crippen molar-refractivity contribution in [2.45, 2.75) is 18.0 Å². The summed E-state index contributed by atoms with van der Waals surface area (Å²) in [6, 6.07) is 8.89. The van der Waals surface area contributed by atoms with Crippen molar-refractivity contribution in [1.29, 1.82) is 0 Å². The molecule has 0 radical (unpaired) electrons. The van der Waals surface area contributed by atoms with Gasteiger partial charge in [-0.15, -0.1) is 0 Å². The zero-order valence-electron chi connectivity index (χ0n) is 14.2. The normalized spacial score (nSPS) is 11.6. The fraction of sp³-hybridized carbons (Fsp3) is 0.176. The molecule has 3 N–H and O–H groups in total. The fourth-order valence-electron chi connectivity index (χ4n) is 2.62. The number of nitrogens with two attached hydrogens (primary N) is 1. The number of hydrogen-bond donors (Lipinski definition) is 2. The molecule has 0 bridgehead atoms. The van der Waals surface area contributed by atoms with Crippen LogP contribution in [0.15, 0.2) is 60.1 Å². The van der Waals surface area contributed by atoms with E-state index in [-0.39, 0.29) is 17.1 Å². The number of primary amides is 1. The van der Waals surface area contributed by atoms with Gasteiger partial charge >= 0.3 is 0 Å². The molecule has 0 saturated heterocycles. The van der Waals surface area contributed by atoms with Gasteiger partial charge < -0.3 is 14.9 Å². The maximum Gasteiger partial charge on any atom is 0.265 e. The molecule has 3 aromatic rings. The molecule has 0 atom stereocenters. The quantitative estimate of drug-likeness (QED) is 0.639. The topological polar surface area (TPSA) is 112 Å². The number of nitrogens with zero attached hydrogens (tertiary/aromatic N) is 3. The number of benzene rings is 1. The van der Waals surface area contributed by atoms with Gasteiger partial charge in [0.2, 0.25) is 10.0 Å². The molecular formula is C17H19N5O3S. The lowest BCUT2D eigenvalue weighted by Crippen LogP contribution is -2.23. The highest BCUT2D eigenvalue weighted by molar-refractivity contribution is 7.89. The Labute approximate surface area is 151 Å². The van der Waals surface area contributed by atoms with E-state index in [1.807, 2.05) is 35.0 Å². The number of aromatic nitrogens is 3. The second-order valence-electron chi connectivity index (χ2n) is 5.92. The average molecular weight is 373 g/mol. The van der Waals surface area contributed by atoms with Crippen LogP contribution in [-0.4, -0.2) is 28.4 Å². The molecule has 136 valence electrons. The predicted molar refractivity (Wildman–Crippen MR) is 95.7 cm³/mol. The average Bonchev–Trinajstić information content (AvgIpc) is 3.23. The highest BCUT2D eigenvalue weighted by Crippen LogP contribution is 2.14. The Morgan fingerprint density at radius 3 is 2.69 bits per heavy atom. The highest BCUT2D eigenvalue weighted by Gasteiger charge is 2.19. The fourth-order valence-corrected chi connectivity index (χ4v) is 3.70. The van der Waals surface area contributed by atoms with Gasteiger partial charge in [-0.2, -0.15) is 0 Å². The van der Waals surface area contributed by atoms with Crippen molar-refractivity contribution in [1.82, 2.24) is 18.8 Å². The molecule has 0 aliphatic rings. The van der Waals surface area contributed by atoms with E-state index in [0.717, 1.165) is 11.1 Å². The summed E-state index contributed by atoms with van der Waals surface area (Å²) in [5, 5.41) is 0. The molecule has 3 rings (SSSR count). The maximum atomic E-state index is 12.4. The number of hydrogen-bond acceptors (Lipinski definition) is 4. The smallest absolute Gasteiger partial charge is 0.265 e. The Morgan fingerprint density at radius 1 is 1.27 bits per heavy atom. The number of aryl methyl sites for hydroxylation is 1. The van der Waals surface area contributed by atoms with E-state index < -0.39 is 15.9 Å². The molecule has 0 aliphatic carbocycles. The Morgan fingerprint density at radius 2 is 2.04 bits per heavy atom. The van der Waals surface area contributed by atoms with Crippen LogP contribution in [-0.2, 0) is 30.2 Å². The van der Waals surface area contributed by atoms with Crippen LogP contribution in [0.2, 0.25) is 0 Å². The molecule has 0 aliphatic heterocycles. The molecule has 0 fully saturated rings. The summed E-state index contributed by atoms with van der Waals surface area (Å²) in [6.45, 7) is 0.794. The second kappa shape index (κ2) is 7.14. The van der Waals surface area contributed by atoms with Gasteiger partial charge in [0.15, 0.2) is 0 Å². The summed E-state index contributed by atoms with van der Waals surface area (Å²) in [5.74, 6) is -0.679. The molecule has 2 aromatic heterocycles. The number of rotatable bonds is 7. The molecule has 0 unspecified atom stereocenters. The van der Waals surface area contributed by atoms with Gasteiger partial charge in [0, 0.05) is 38.7 Å². The minimum Gasteiger partial charge on any atom is -0.364 e. The zero-order chi connectivity index (χ0) is 18.7. The van der Waals surface area contributed by atoms with Crippen molar-refractivity contribution in [2.75, 3.05) is 0 Å². The molecule has 0 spiro atoms. The van der Waals surface area contributed by atoms with Gasteiger partial charge in [-0.05, 0) is 17.2 Å². The van der Waals surface area contributed by atoms with Crippen molar-refractivity contribution >= 4 is 15.9 Å². The summed E-state index contributed by atoms with van der Waals surface area (Å²) in [4.78, 5) is 15.3. The molecule has 2 heterocycles. The molecular weight excluding hydrogens is 354 g/mol. The molecule has 8 nitrogen and oxygen atoms in total. The first-order valence-electron chi connectivity index (χ1n) is 7.84. The van der Waals surface area contributed by atoms with Gasteiger partial charge in [-0.3, -0.25) is 4.79 Å². The second-order valence-corrected chi connectivity index (χ2v) is 7.68. The summed E-state index contributed by atoms with van der Waals surface area (Å²) in [7, 11) is -2.18. The SMILES string of the molecule is Cn1cc(S(=O)(=O)NCc2cccc(Cn3ccnc3)c2)cc1C(N)=O. The van der Waals surface area contributed by atoms with Crippen molar-refractivity contribution < 1.29 is 13.2 Å². The number of nitrogens with one attached hydrogen (secondary N) is 1. The largest absolute Gasteiger partial charge is 0.364 e. The minimum absolute atomic E-state index is 0.00312. The van der Waals surface area contributed by atoms with Crippen molar-refractivity contribution in [3.63, 3.8) is 0 Å². The van der Waals surface area contributed by atoms with E-state index in [4.69, 9.17) is 5.73 Å². The predicted octanol–water partition coefficient (Wildman–Crippen LogP) is 0.847. The van der Waals surface area contributed by atoms with E-state index in [9.17, 15) is 13.2 Å². The maximum absolute atomic E-state index is 12.4. The van der Waals surface area contributed by atoms with Crippen LogP contribution in [0.1, 0.15) is 21.6 Å². The van der Waals surface area contributed by atoms with Crippen LogP contribution in [0, 0.1) is 0 Å². The Balaban J connectivity index is 1.71. The first-order chi connectivity index (χ1) is 12.3. The number of sulfonamides is 1. The van der Waals surface area contributed by atoms with Gasteiger partial charge in [0.25, 0.3) is 5.91 Å². The lowest BCUT2D eigenvalue weighted by atomic mass is 10.1. The minimum atomic E-state index is -3.75. The third kappa shape index (κ3) is 4.01. The summed E-state index contributed by atoms with van der Waals surface area (Å²) in [6.07, 6.45) is 6.65. The third-order valence-corrected chi connectivity index (χ3v) is 5.29. The number of imidazole rings is 1. The summed E-state index contributed by atoms with van der Waals surface area (Å²) < 4.78 is 30.8. The number of carbonyl (C=O) groups excluding carboxylic acids is 1. The van der Waals surface area contributed by atoms with E-state index >= 15 is 0 Å². The number of amides is 1. The Hall–Kier alpha value is -2.91.